The number of anilines is 3. The first-order valence-corrected chi connectivity index (χ1v) is 7.62. The van der Waals surface area contributed by atoms with Gasteiger partial charge in [0, 0.05) is 17.6 Å². The first-order valence-electron chi connectivity index (χ1n) is 7.62. The zero-order chi connectivity index (χ0) is 17.6. The number of carbonyl (C=O) groups excluding carboxylic acids is 1. The molecule has 6 heteroatoms. The highest BCUT2D eigenvalue weighted by Gasteiger charge is 2.09. The second kappa shape index (κ2) is 7.23. The predicted octanol–water partition coefficient (Wildman–Crippen LogP) is 3.65. The summed E-state index contributed by atoms with van der Waals surface area (Å²) in [4.78, 5) is 20.7. The van der Waals surface area contributed by atoms with Crippen LogP contribution in [0.3, 0.4) is 0 Å². The highest BCUT2D eigenvalue weighted by atomic mass is 16.1. The van der Waals surface area contributed by atoms with Crippen molar-refractivity contribution < 1.29 is 4.79 Å². The van der Waals surface area contributed by atoms with Gasteiger partial charge >= 0.3 is 0 Å². The number of benzene rings is 2. The van der Waals surface area contributed by atoms with E-state index in [9.17, 15) is 4.79 Å². The topological polar surface area (TPSA) is 90.7 Å². The summed E-state index contributed by atoms with van der Waals surface area (Å²) in [6.45, 7) is 2.01. The van der Waals surface area contributed by atoms with Gasteiger partial charge in [0.25, 0.3) is 5.91 Å². The number of hydrogen-bond donors (Lipinski definition) is 2. The van der Waals surface area contributed by atoms with E-state index in [1.807, 2.05) is 37.3 Å². The summed E-state index contributed by atoms with van der Waals surface area (Å²) in [7, 11) is 0. The van der Waals surface area contributed by atoms with E-state index in [1.54, 1.807) is 30.3 Å². The number of rotatable bonds is 4. The minimum atomic E-state index is -0.348. The summed E-state index contributed by atoms with van der Waals surface area (Å²) < 4.78 is 0. The number of nitriles is 1. The third kappa shape index (κ3) is 4.18. The van der Waals surface area contributed by atoms with E-state index in [0.717, 1.165) is 11.3 Å². The van der Waals surface area contributed by atoms with Crippen molar-refractivity contribution in [1.82, 2.24) is 9.97 Å². The fourth-order valence-electron chi connectivity index (χ4n) is 2.13. The highest BCUT2D eigenvalue weighted by Crippen LogP contribution is 2.14. The number of nitrogens with one attached hydrogen (secondary N) is 2. The van der Waals surface area contributed by atoms with E-state index in [-0.39, 0.29) is 11.6 Å². The molecule has 2 aromatic carbocycles. The number of aryl methyl sites for hydroxylation is 1. The van der Waals surface area contributed by atoms with Crippen LogP contribution in [0.15, 0.2) is 60.8 Å². The van der Waals surface area contributed by atoms with Crippen LogP contribution in [0.25, 0.3) is 0 Å². The van der Waals surface area contributed by atoms with Crippen molar-refractivity contribution in [2.24, 2.45) is 0 Å². The van der Waals surface area contributed by atoms with Crippen molar-refractivity contribution in [3.63, 3.8) is 0 Å². The normalized spacial score (nSPS) is 9.92. The number of carbonyl (C=O) groups is 1. The molecule has 0 unspecified atom stereocenters. The molecule has 0 saturated heterocycles. The summed E-state index contributed by atoms with van der Waals surface area (Å²) in [5.74, 6) is -0.00426. The van der Waals surface area contributed by atoms with Crippen molar-refractivity contribution in [1.29, 1.82) is 5.26 Å². The number of hydrogen-bond acceptors (Lipinski definition) is 5. The van der Waals surface area contributed by atoms with Crippen LogP contribution in [-0.2, 0) is 0 Å². The van der Waals surface area contributed by atoms with E-state index in [2.05, 4.69) is 20.6 Å². The fraction of sp³-hybridized carbons (Fsp3) is 0.0526. The second-order valence-corrected chi connectivity index (χ2v) is 5.40. The maximum atomic E-state index is 12.3. The Labute approximate surface area is 145 Å². The standard InChI is InChI=1S/C19H15N5O/c1-13-2-6-16(7-3-13)23-19-21-11-10-17(24-19)18(25)22-15-8-4-14(12-20)5-9-15/h2-11H,1H3,(H,22,25)(H,21,23,24). The van der Waals surface area contributed by atoms with E-state index < -0.39 is 0 Å². The highest BCUT2D eigenvalue weighted by molar-refractivity contribution is 6.03. The Morgan fingerprint density at radius 2 is 1.68 bits per heavy atom. The van der Waals surface area contributed by atoms with Crippen LogP contribution in [0, 0.1) is 18.3 Å². The Morgan fingerprint density at radius 3 is 2.36 bits per heavy atom. The molecule has 2 N–H and O–H groups in total. The van der Waals surface area contributed by atoms with Gasteiger partial charge in [-0.2, -0.15) is 5.26 Å². The summed E-state index contributed by atoms with van der Waals surface area (Å²) >= 11 is 0. The Morgan fingerprint density at radius 1 is 1.00 bits per heavy atom. The van der Waals surface area contributed by atoms with E-state index in [0.29, 0.717) is 17.2 Å². The maximum absolute atomic E-state index is 12.3. The molecular formula is C19H15N5O. The van der Waals surface area contributed by atoms with Crippen LogP contribution >= 0.6 is 0 Å². The molecule has 6 nitrogen and oxygen atoms in total. The Hall–Kier alpha value is -3.72. The molecule has 0 atom stereocenters. The molecule has 0 fully saturated rings. The minimum absolute atomic E-state index is 0.244. The van der Waals surface area contributed by atoms with Crippen LogP contribution in [0.1, 0.15) is 21.6 Å². The molecule has 0 bridgehead atoms. The largest absolute Gasteiger partial charge is 0.324 e. The van der Waals surface area contributed by atoms with Crippen LogP contribution in [0.5, 0.6) is 0 Å². The van der Waals surface area contributed by atoms with Crippen LogP contribution in [0.2, 0.25) is 0 Å². The maximum Gasteiger partial charge on any atom is 0.274 e. The molecule has 0 aliphatic carbocycles. The monoisotopic (exact) mass is 329 g/mol. The molecule has 1 aromatic heterocycles. The molecule has 0 radical (unpaired) electrons. The molecule has 25 heavy (non-hydrogen) atoms. The van der Waals surface area contributed by atoms with Crippen molar-refractivity contribution in [3.05, 3.63) is 77.6 Å². The van der Waals surface area contributed by atoms with Gasteiger partial charge in [-0.15, -0.1) is 0 Å². The van der Waals surface area contributed by atoms with Crippen LogP contribution < -0.4 is 10.6 Å². The molecule has 1 heterocycles. The minimum Gasteiger partial charge on any atom is -0.324 e. The molecule has 1 amide bonds. The van der Waals surface area contributed by atoms with Gasteiger partial charge in [-0.25, -0.2) is 9.97 Å². The molecule has 0 saturated carbocycles. The van der Waals surface area contributed by atoms with Gasteiger partial charge in [-0.3, -0.25) is 4.79 Å². The second-order valence-electron chi connectivity index (χ2n) is 5.40. The van der Waals surface area contributed by atoms with Gasteiger partial charge in [-0.05, 0) is 49.4 Å². The third-order valence-electron chi connectivity index (χ3n) is 3.47. The first-order chi connectivity index (χ1) is 12.1. The Balaban J connectivity index is 1.72. The smallest absolute Gasteiger partial charge is 0.274 e. The van der Waals surface area contributed by atoms with E-state index >= 15 is 0 Å². The fourth-order valence-corrected chi connectivity index (χ4v) is 2.13. The summed E-state index contributed by atoms with van der Waals surface area (Å²) in [5.41, 5.74) is 3.37. The van der Waals surface area contributed by atoms with E-state index in [1.165, 1.54) is 6.20 Å². The molecular weight excluding hydrogens is 314 g/mol. The van der Waals surface area contributed by atoms with Gasteiger partial charge in [-0.1, -0.05) is 17.7 Å². The SMILES string of the molecule is Cc1ccc(Nc2nccc(C(=O)Nc3ccc(C#N)cc3)n2)cc1. The summed E-state index contributed by atoms with van der Waals surface area (Å²) in [6, 6.07) is 18.0. The zero-order valence-electron chi connectivity index (χ0n) is 13.5. The van der Waals surface area contributed by atoms with Gasteiger partial charge in [0.05, 0.1) is 11.6 Å². The van der Waals surface area contributed by atoms with Crippen molar-refractivity contribution in [2.75, 3.05) is 10.6 Å². The van der Waals surface area contributed by atoms with Crippen LogP contribution in [0.4, 0.5) is 17.3 Å². The Kier molecular flexibility index (Phi) is 4.67. The average Bonchev–Trinajstić information content (AvgIpc) is 2.64. The first kappa shape index (κ1) is 16.1. The number of amides is 1. The molecule has 122 valence electrons. The molecule has 0 spiro atoms. The Bertz CT molecular complexity index is 927. The summed E-state index contributed by atoms with van der Waals surface area (Å²) in [5, 5.41) is 14.6. The lowest BCUT2D eigenvalue weighted by atomic mass is 10.2. The molecule has 3 rings (SSSR count). The van der Waals surface area contributed by atoms with Crippen molar-refractivity contribution >= 4 is 23.2 Å². The van der Waals surface area contributed by atoms with Crippen molar-refractivity contribution in [2.45, 2.75) is 6.92 Å². The van der Waals surface area contributed by atoms with Crippen molar-refractivity contribution in [3.8, 4) is 6.07 Å². The number of nitrogens with zero attached hydrogens (tertiary/aromatic N) is 3. The summed E-state index contributed by atoms with van der Waals surface area (Å²) in [6.07, 6.45) is 1.53. The molecule has 0 aliphatic rings. The lowest BCUT2D eigenvalue weighted by Crippen LogP contribution is -2.14. The zero-order valence-corrected chi connectivity index (χ0v) is 13.5. The van der Waals surface area contributed by atoms with Gasteiger partial charge in [0.2, 0.25) is 5.95 Å². The molecule has 0 aliphatic heterocycles. The lowest BCUT2D eigenvalue weighted by Gasteiger charge is -2.08. The quantitative estimate of drug-likeness (QED) is 0.762. The third-order valence-corrected chi connectivity index (χ3v) is 3.47. The predicted molar refractivity (Wildman–Crippen MR) is 95.6 cm³/mol. The molecule has 3 aromatic rings. The van der Waals surface area contributed by atoms with Gasteiger partial charge < -0.3 is 10.6 Å². The average molecular weight is 329 g/mol. The van der Waals surface area contributed by atoms with Gasteiger partial charge in [0.1, 0.15) is 5.69 Å². The van der Waals surface area contributed by atoms with E-state index in [4.69, 9.17) is 5.26 Å². The van der Waals surface area contributed by atoms with Gasteiger partial charge in [0.15, 0.2) is 0 Å². The van der Waals surface area contributed by atoms with Crippen LogP contribution in [-0.4, -0.2) is 15.9 Å². The number of aromatic nitrogens is 2. The lowest BCUT2D eigenvalue weighted by molar-refractivity contribution is 0.102.